The predicted molar refractivity (Wildman–Crippen MR) is 58.9 cm³/mol. The van der Waals surface area contributed by atoms with Crippen LogP contribution >= 0.6 is 0 Å². The van der Waals surface area contributed by atoms with Crippen molar-refractivity contribution < 1.29 is 23.5 Å². The molecule has 1 saturated carbocycles. The van der Waals surface area contributed by atoms with Gasteiger partial charge in [0.25, 0.3) is 0 Å². The fourth-order valence-corrected chi connectivity index (χ4v) is 1.90. The van der Waals surface area contributed by atoms with Crippen LogP contribution in [0.4, 0.5) is 14.5 Å². The van der Waals surface area contributed by atoms with Crippen molar-refractivity contribution in [3.8, 4) is 0 Å². The Bertz CT molecular complexity index is 512. The number of hydrogen-bond donors (Lipinski definition) is 2. The Balaban J connectivity index is 2.19. The summed E-state index contributed by atoms with van der Waals surface area (Å²) in [4.78, 5) is 22.9. The zero-order chi connectivity index (χ0) is 13.3. The van der Waals surface area contributed by atoms with Crippen LogP contribution in [-0.2, 0) is 9.59 Å². The normalized spacial score (nSPS) is 16.8. The van der Waals surface area contributed by atoms with Crippen LogP contribution in [0.15, 0.2) is 18.2 Å². The van der Waals surface area contributed by atoms with Crippen molar-refractivity contribution in [3.63, 3.8) is 0 Å². The van der Waals surface area contributed by atoms with Gasteiger partial charge in [0.2, 0.25) is 5.91 Å². The molecule has 0 saturated heterocycles. The topological polar surface area (TPSA) is 66.4 Å². The van der Waals surface area contributed by atoms with Crippen LogP contribution < -0.4 is 5.32 Å². The number of halogens is 2. The molecule has 2 rings (SSSR count). The lowest BCUT2D eigenvalue weighted by Gasteiger charge is -2.35. The van der Waals surface area contributed by atoms with E-state index in [9.17, 15) is 18.4 Å². The molecule has 1 amide bonds. The van der Waals surface area contributed by atoms with Gasteiger partial charge in [-0.3, -0.25) is 9.59 Å². The molecule has 6 heteroatoms. The van der Waals surface area contributed by atoms with Crippen LogP contribution in [0, 0.1) is 17.0 Å². The number of carboxylic acids is 1. The number of carbonyl (C=O) groups is 2. The monoisotopic (exact) mass is 255 g/mol. The number of carbonyl (C=O) groups excluding carboxylic acids is 1. The molecule has 0 unspecified atom stereocenters. The average Bonchev–Trinajstić information content (AvgIpc) is 2.19. The number of carboxylic acid groups (broad SMARTS) is 1. The predicted octanol–water partition coefficient (Wildman–Crippen LogP) is 2.16. The van der Waals surface area contributed by atoms with Gasteiger partial charge in [-0.05, 0) is 25.0 Å². The van der Waals surface area contributed by atoms with E-state index in [0.29, 0.717) is 12.5 Å². The summed E-state index contributed by atoms with van der Waals surface area (Å²) in [6.07, 6.45) is 1.11. The lowest BCUT2D eigenvalue weighted by Crippen LogP contribution is -2.48. The Labute approximate surface area is 102 Å². The number of nitrogens with one attached hydrogen (secondary N) is 1. The molecule has 0 atom stereocenters. The zero-order valence-corrected chi connectivity index (χ0v) is 9.37. The number of rotatable bonds is 3. The van der Waals surface area contributed by atoms with Crippen molar-refractivity contribution >= 4 is 17.6 Å². The van der Waals surface area contributed by atoms with Crippen molar-refractivity contribution in [1.29, 1.82) is 0 Å². The fourth-order valence-electron chi connectivity index (χ4n) is 1.90. The van der Waals surface area contributed by atoms with Gasteiger partial charge in [0.1, 0.15) is 17.0 Å². The lowest BCUT2D eigenvalue weighted by atomic mass is 9.68. The number of amides is 1. The molecule has 4 nitrogen and oxygen atoms in total. The standard InChI is InChI=1S/C12H11F2NO3/c13-7-2-3-9(8(14)6-7)15-10(16)12(11(17)18)4-1-5-12/h2-3,6H,1,4-5H2,(H,15,16)(H,17,18). The molecule has 18 heavy (non-hydrogen) atoms. The molecule has 0 radical (unpaired) electrons. The summed E-state index contributed by atoms with van der Waals surface area (Å²) in [5.41, 5.74) is -1.69. The van der Waals surface area contributed by atoms with E-state index < -0.39 is 28.9 Å². The maximum Gasteiger partial charge on any atom is 0.319 e. The smallest absolute Gasteiger partial charge is 0.319 e. The highest BCUT2D eigenvalue weighted by Crippen LogP contribution is 2.42. The summed E-state index contributed by atoms with van der Waals surface area (Å²) in [6.45, 7) is 0. The first kappa shape index (κ1) is 12.5. The maximum atomic E-state index is 13.3. The molecular formula is C12H11F2NO3. The zero-order valence-electron chi connectivity index (χ0n) is 9.37. The molecule has 0 aliphatic heterocycles. The van der Waals surface area contributed by atoms with Crippen molar-refractivity contribution in [2.45, 2.75) is 19.3 Å². The first-order valence-corrected chi connectivity index (χ1v) is 5.45. The third kappa shape index (κ3) is 1.94. The second-order valence-electron chi connectivity index (χ2n) is 4.32. The number of hydrogen-bond acceptors (Lipinski definition) is 2. The minimum absolute atomic E-state index is 0.214. The Hall–Kier alpha value is -1.98. The van der Waals surface area contributed by atoms with E-state index in [1.807, 2.05) is 0 Å². The van der Waals surface area contributed by atoms with Crippen LogP contribution in [0.2, 0.25) is 0 Å². The molecule has 96 valence electrons. The molecule has 1 aliphatic rings. The summed E-state index contributed by atoms with van der Waals surface area (Å²) in [5, 5.41) is 11.2. The van der Waals surface area contributed by atoms with E-state index in [-0.39, 0.29) is 18.5 Å². The minimum atomic E-state index is -1.47. The number of aliphatic carboxylic acids is 1. The quantitative estimate of drug-likeness (QED) is 0.813. The Kier molecular flexibility index (Phi) is 3.02. The maximum absolute atomic E-state index is 13.3. The molecule has 0 bridgehead atoms. The molecule has 0 aromatic heterocycles. The molecule has 1 fully saturated rings. The third-order valence-corrected chi connectivity index (χ3v) is 3.23. The summed E-state index contributed by atoms with van der Waals surface area (Å²) >= 11 is 0. The van der Waals surface area contributed by atoms with E-state index >= 15 is 0 Å². The number of anilines is 1. The SMILES string of the molecule is O=C(O)C1(C(=O)Nc2ccc(F)cc2F)CCC1. The van der Waals surface area contributed by atoms with Crippen LogP contribution in [-0.4, -0.2) is 17.0 Å². The first-order chi connectivity index (χ1) is 8.45. The third-order valence-electron chi connectivity index (χ3n) is 3.23. The van der Waals surface area contributed by atoms with Gasteiger partial charge < -0.3 is 10.4 Å². The average molecular weight is 255 g/mol. The molecule has 0 spiro atoms. The van der Waals surface area contributed by atoms with Gasteiger partial charge in [0.15, 0.2) is 0 Å². The molecule has 0 heterocycles. The Morgan fingerprint density at radius 2 is 1.94 bits per heavy atom. The van der Waals surface area contributed by atoms with Crippen molar-refractivity contribution in [2.24, 2.45) is 5.41 Å². The second-order valence-corrected chi connectivity index (χ2v) is 4.32. The van der Waals surface area contributed by atoms with Crippen molar-refractivity contribution in [1.82, 2.24) is 0 Å². The van der Waals surface area contributed by atoms with Crippen LogP contribution in [0.5, 0.6) is 0 Å². The summed E-state index contributed by atoms with van der Waals surface area (Å²) in [5.74, 6) is -3.66. The molecule has 2 N–H and O–H groups in total. The van der Waals surface area contributed by atoms with Crippen LogP contribution in [0.1, 0.15) is 19.3 Å². The van der Waals surface area contributed by atoms with Crippen LogP contribution in [0.3, 0.4) is 0 Å². The van der Waals surface area contributed by atoms with Gasteiger partial charge in [-0.2, -0.15) is 0 Å². The highest BCUT2D eigenvalue weighted by molar-refractivity contribution is 6.09. The van der Waals surface area contributed by atoms with Gasteiger partial charge in [0, 0.05) is 6.07 Å². The van der Waals surface area contributed by atoms with Gasteiger partial charge in [-0.1, -0.05) is 6.42 Å². The fraction of sp³-hybridized carbons (Fsp3) is 0.333. The summed E-state index contributed by atoms with van der Waals surface area (Å²) < 4.78 is 26.0. The lowest BCUT2D eigenvalue weighted by molar-refractivity contribution is -0.159. The van der Waals surface area contributed by atoms with Gasteiger partial charge in [-0.25, -0.2) is 8.78 Å². The Morgan fingerprint density at radius 1 is 1.28 bits per heavy atom. The minimum Gasteiger partial charge on any atom is -0.480 e. The van der Waals surface area contributed by atoms with E-state index in [1.165, 1.54) is 0 Å². The van der Waals surface area contributed by atoms with Gasteiger partial charge in [0.05, 0.1) is 5.69 Å². The van der Waals surface area contributed by atoms with E-state index in [1.54, 1.807) is 0 Å². The highest BCUT2D eigenvalue weighted by Gasteiger charge is 2.51. The highest BCUT2D eigenvalue weighted by atomic mass is 19.1. The summed E-state index contributed by atoms with van der Waals surface area (Å²) in [7, 11) is 0. The van der Waals surface area contributed by atoms with E-state index in [4.69, 9.17) is 5.11 Å². The molecule has 1 aromatic carbocycles. The number of benzene rings is 1. The molecule has 1 aromatic rings. The van der Waals surface area contributed by atoms with Crippen LogP contribution in [0.25, 0.3) is 0 Å². The van der Waals surface area contributed by atoms with Gasteiger partial charge >= 0.3 is 5.97 Å². The second kappa shape index (κ2) is 4.36. The first-order valence-electron chi connectivity index (χ1n) is 5.45. The summed E-state index contributed by atoms with van der Waals surface area (Å²) in [6, 6.07) is 2.69. The molecule has 1 aliphatic carbocycles. The molecular weight excluding hydrogens is 244 g/mol. The largest absolute Gasteiger partial charge is 0.480 e. The van der Waals surface area contributed by atoms with E-state index in [0.717, 1.165) is 12.1 Å². The van der Waals surface area contributed by atoms with Crippen molar-refractivity contribution in [3.05, 3.63) is 29.8 Å². The van der Waals surface area contributed by atoms with Crippen molar-refractivity contribution in [2.75, 3.05) is 5.32 Å². The van der Waals surface area contributed by atoms with E-state index in [2.05, 4.69) is 5.32 Å². The Morgan fingerprint density at radius 3 is 2.39 bits per heavy atom. The van der Waals surface area contributed by atoms with Gasteiger partial charge in [-0.15, -0.1) is 0 Å².